The molecule has 4 rings (SSSR count). The molecule has 33 heavy (non-hydrogen) atoms. The first-order chi connectivity index (χ1) is 15.9. The highest BCUT2D eigenvalue weighted by atomic mass is 32.2. The Kier molecular flexibility index (Phi) is 7.41. The number of thioether (sulfide) groups is 1. The first-order valence-corrected chi connectivity index (χ1v) is 13.1. The molecule has 2 heterocycles. The molecule has 1 saturated heterocycles. The summed E-state index contributed by atoms with van der Waals surface area (Å²) in [6.45, 7) is 1.07. The zero-order chi connectivity index (χ0) is 23.3. The van der Waals surface area contributed by atoms with E-state index in [0.29, 0.717) is 29.6 Å². The van der Waals surface area contributed by atoms with Crippen LogP contribution in [0.2, 0.25) is 0 Å². The number of rotatable bonds is 7. The Bertz CT molecular complexity index is 1210. The lowest BCUT2D eigenvalue weighted by atomic mass is 10.2. The lowest BCUT2D eigenvalue weighted by molar-refractivity contribution is -0.113. The Morgan fingerprint density at radius 3 is 2.42 bits per heavy atom. The van der Waals surface area contributed by atoms with Crippen LogP contribution in [0.3, 0.4) is 0 Å². The van der Waals surface area contributed by atoms with E-state index >= 15 is 0 Å². The van der Waals surface area contributed by atoms with Crippen molar-refractivity contribution in [3.8, 4) is 5.69 Å². The fourth-order valence-electron chi connectivity index (χ4n) is 3.60. The van der Waals surface area contributed by atoms with Crippen LogP contribution < -0.4 is 5.32 Å². The summed E-state index contributed by atoms with van der Waals surface area (Å²) >= 11 is 1.12. The van der Waals surface area contributed by atoms with Gasteiger partial charge in [-0.05, 0) is 49.2 Å². The van der Waals surface area contributed by atoms with Crippen LogP contribution in [0.5, 0.6) is 0 Å². The van der Waals surface area contributed by atoms with Crippen molar-refractivity contribution in [2.75, 3.05) is 24.2 Å². The summed E-state index contributed by atoms with van der Waals surface area (Å²) in [5, 5.41) is 10.9. The number of carbonyl (C=O) groups is 1. The molecule has 1 amide bonds. The van der Waals surface area contributed by atoms with Gasteiger partial charge < -0.3 is 5.32 Å². The van der Waals surface area contributed by atoms with Gasteiger partial charge in [0.2, 0.25) is 15.9 Å². The number of hydrogen-bond donors (Lipinski definition) is 1. The normalized spacial score (nSPS) is 15.2. The van der Waals surface area contributed by atoms with E-state index in [-0.39, 0.29) is 16.6 Å². The van der Waals surface area contributed by atoms with E-state index in [0.717, 1.165) is 37.4 Å². The lowest BCUT2D eigenvalue weighted by Crippen LogP contribution is -2.31. The van der Waals surface area contributed by atoms with E-state index in [1.807, 2.05) is 0 Å². The number of benzene rings is 2. The monoisotopic (exact) mass is 489 g/mol. The summed E-state index contributed by atoms with van der Waals surface area (Å²) < 4.78 is 42.8. The van der Waals surface area contributed by atoms with Crippen molar-refractivity contribution < 1.29 is 17.6 Å². The first-order valence-electron chi connectivity index (χ1n) is 10.6. The Morgan fingerprint density at radius 1 is 1.03 bits per heavy atom. The van der Waals surface area contributed by atoms with Gasteiger partial charge in [-0.3, -0.25) is 9.36 Å². The van der Waals surface area contributed by atoms with Crippen molar-refractivity contribution in [1.29, 1.82) is 0 Å². The number of nitrogens with one attached hydrogen (secondary N) is 1. The molecule has 0 radical (unpaired) electrons. The van der Waals surface area contributed by atoms with E-state index in [2.05, 4.69) is 15.5 Å². The van der Waals surface area contributed by atoms with Gasteiger partial charge in [-0.2, -0.15) is 4.31 Å². The maximum absolute atomic E-state index is 14.1. The number of halogens is 1. The Hall–Kier alpha value is -2.76. The summed E-state index contributed by atoms with van der Waals surface area (Å²) in [6, 6.07) is 12.4. The molecule has 0 bridgehead atoms. The van der Waals surface area contributed by atoms with Gasteiger partial charge in [0.15, 0.2) is 5.16 Å². The van der Waals surface area contributed by atoms with Crippen molar-refractivity contribution in [3.63, 3.8) is 0 Å². The number of anilines is 1. The van der Waals surface area contributed by atoms with Crippen LogP contribution in [0.25, 0.3) is 5.69 Å². The van der Waals surface area contributed by atoms with Gasteiger partial charge in [0.1, 0.15) is 12.1 Å². The minimum absolute atomic E-state index is 0.0287. The molecule has 1 aliphatic rings. The Morgan fingerprint density at radius 2 is 1.73 bits per heavy atom. The van der Waals surface area contributed by atoms with Crippen LogP contribution in [-0.4, -0.2) is 52.2 Å². The van der Waals surface area contributed by atoms with Crippen molar-refractivity contribution in [2.45, 2.75) is 35.7 Å². The van der Waals surface area contributed by atoms with E-state index in [4.69, 9.17) is 0 Å². The van der Waals surface area contributed by atoms with Crippen LogP contribution in [0.15, 0.2) is 64.9 Å². The van der Waals surface area contributed by atoms with Gasteiger partial charge in [-0.15, -0.1) is 10.2 Å². The van der Waals surface area contributed by atoms with Gasteiger partial charge in [-0.25, -0.2) is 12.8 Å². The predicted molar refractivity (Wildman–Crippen MR) is 124 cm³/mol. The van der Waals surface area contributed by atoms with E-state index in [1.165, 1.54) is 33.4 Å². The minimum Gasteiger partial charge on any atom is -0.325 e. The summed E-state index contributed by atoms with van der Waals surface area (Å²) in [5.41, 5.74) is 0.789. The third-order valence-electron chi connectivity index (χ3n) is 5.30. The molecule has 2 aromatic carbocycles. The summed E-state index contributed by atoms with van der Waals surface area (Å²) in [5.74, 6) is -0.689. The second-order valence-corrected chi connectivity index (χ2v) is 10.5. The molecule has 0 spiro atoms. The number of nitrogens with zero attached hydrogens (tertiary/aromatic N) is 4. The molecule has 1 fully saturated rings. The Balaban J connectivity index is 1.36. The summed E-state index contributed by atoms with van der Waals surface area (Å²) in [6.07, 6.45) is 5.23. The smallest absolute Gasteiger partial charge is 0.243 e. The second-order valence-electron chi connectivity index (χ2n) is 7.61. The molecule has 11 heteroatoms. The number of amides is 1. The third-order valence-corrected chi connectivity index (χ3v) is 8.16. The van der Waals surface area contributed by atoms with Gasteiger partial charge >= 0.3 is 0 Å². The molecule has 1 aromatic heterocycles. The average Bonchev–Trinajstić information content (AvgIpc) is 3.09. The quantitative estimate of drug-likeness (QED) is 0.509. The van der Waals surface area contributed by atoms with E-state index in [1.54, 1.807) is 30.3 Å². The van der Waals surface area contributed by atoms with Crippen LogP contribution in [0.1, 0.15) is 25.7 Å². The van der Waals surface area contributed by atoms with E-state index < -0.39 is 15.8 Å². The molecule has 1 N–H and O–H groups in total. The molecule has 3 aromatic rings. The molecule has 174 valence electrons. The molecule has 0 aliphatic carbocycles. The van der Waals surface area contributed by atoms with Crippen LogP contribution in [-0.2, 0) is 14.8 Å². The highest BCUT2D eigenvalue weighted by Crippen LogP contribution is 2.23. The molecular formula is C22H24FN5O3S2. The Labute approximate surface area is 196 Å². The zero-order valence-electron chi connectivity index (χ0n) is 17.9. The predicted octanol–water partition coefficient (Wildman–Crippen LogP) is 3.70. The molecule has 8 nitrogen and oxygen atoms in total. The SMILES string of the molecule is O=C(CSc1nncn1-c1ccccc1F)Nc1ccc(S(=O)(=O)N2CCCCCC2)cc1. The first kappa shape index (κ1) is 23.4. The van der Waals surface area contributed by atoms with Crippen molar-refractivity contribution in [3.05, 3.63) is 60.7 Å². The maximum Gasteiger partial charge on any atom is 0.243 e. The highest BCUT2D eigenvalue weighted by molar-refractivity contribution is 7.99. The van der Waals surface area contributed by atoms with Gasteiger partial charge in [-0.1, -0.05) is 36.7 Å². The van der Waals surface area contributed by atoms with Crippen molar-refractivity contribution >= 4 is 33.4 Å². The van der Waals surface area contributed by atoms with Crippen LogP contribution in [0.4, 0.5) is 10.1 Å². The fourth-order valence-corrected chi connectivity index (χ4v) is 5.84. The highest BCUT2D eigenvalue weighted by Gasteiger charge is 2.25. The number of carbonyl (C=O) groups excluding carboxylic acids is 1. The van der Waals surface area contributed by atoms with Crippen molar-refractivity contribution in [2.24, 2.45) is 0 Å². The molecule has 0 unspecified atom stereocenters. The minimum atomic E-state index is -3.54. The number of hydrogen-bond acceptors (Lipinski definition) is 6. The molecule has 0 atom stereocenters. The summed E-state index contributed by atoms with van der Waals surface area (Å²) in [4.78, 5) is 12.6. The summed E-state index contributed by atoms with van der Waals surface area (Å²) in [7, 11) is -3.54. The van der Waals surface area contributed by atoms with E-state index in [9.17, 15) is 17.6 Å². The molecule has 0 saturated carbocycles. The van der Waals surface area contributed by atoms with Crippen LogP contribution >= 0.6 is 11.8 Å². The largest absolute Gasteiger partial charge is 0.325 e. The average molecular weight is 490 g/mol. The second kappa shape index (κ2) is 10.4. The number of aromatic nitrogens is 3. The molecular weight excluding hydrogens is 465 g/mol. The van der Waals surface area contributed by atoms with Gasteiger partial charge in [0.05, 0.1) is 16.3 Å². The maximum atomic E-state index is 14.1. The lowest BCUT2D eigenvalue weighted by Gasteiger charge is -2.20. The number of sulfonamides is 1. The van der Waals surface area contributed by atoms with Crippen LogP contribution in [0, 0.1) is 5.82 Å². The number of para-hydroxylation sites is 1. The topological polar surface area (TPSA) is 97.2 Å². The van der Waals surface area contributed by atoms with Crippen molar-refractivity contribution in [1.82, 2.24) is 19.1 Å². The fraction of sp³-hybridized carbons (Fsp3) is 0.318. The van der Waals surface area contributed by atoms with Gasteiger partial charge in [0.25, 0.3) is 0 Å². The third kappa shape index (κ3) is 5.60. The standard InChI is InChI=1S/C22H24FN5O3S2/c23-19-7-3-4-8-20(19)28-16-24-26-22(28)32-15-21(29)25-17-9-11-18(12-10-17)33(30,31)27-13-5-1-2-6-14-27/h3-4,7-12,16H,1-2,5-6,13-15H2,(H,25,29). The zero-order valence-corrected chi connectivity index (χ0v) is 19.5. The molecule has 1 aliphatic heterocycles. The van der Waals surface area contributed by atoms with Gasteiger partial charge in [0, 0.05) is 18.8 Å².